The maximum absolute atomic E-state index is 12.2. The lowest BCUT2D eigenvalue weighted by Crippen LogP contribution is -2.37. The zero-order valence-corrected chi connectivity index (χ0v) is 18.7. The van der Waals surface area contributed by atoms with Crippen LogP contribution in [-0.4, -0.2) is 17.2 Å². The molecule has 0 spiro atoms. The third kappa shape index (κ3) is 6.90. The van der Waals surface area contributed by atoms with Gasteiger partial charge in [0.2, 0.25) is 0 Å². The van der Waals surface area contributed by atoms with Crippen LogP contribution in [0.5, 0.6) is 5.75 Å². The average molecular weight is 436 g/mol. The lowest BCUT2D eigenvalue weighted by molar-refractivity contribution is -0.112. The highest BCUT2D eigenvalue weighted by Gasteiger charge is 2.19. The first-order chi connectivity index (χ1) is 16.3. The van der Waals surface area contributed by atoms with Gasteiger partial charge < -0.3 is 9.53 Å². The van der Waals surface area contributed by atoms with Gasteiger partial charge >= 0.3 is 0 Å². The third-order valence-corrected chi connectivity index (χ3v) is 5.70. The minimum atomic E-state index is -0.221. The summed E-state index contributed by atoms with van der Waals surface area (Å²) in [7, 11) is 0. The van der Waals surface area contributed by atoms with Gasteiger partial charge in [0.25, 0.3) is 0 Å². The van der Waals surface area contributed by atoms with Gasteiger partial charge in [-0.3, -0.25) is 4.90 Å². The van der Waals surface area contributed by atoms with Gasteiger partial charge in [-0.05, 0) is 40.8 Å². The van der Waals surface area contributed by atoms with Crippen molar-refractivity contribution in [3.05, 3.63) is 138 Å². The summed E-state index contributed by atoms with van der Waals surface area (Å²) in [5.41, 5.74) is 4.65. The van der Waals surface area contributed by atoms with Gasteiger partial charge in [-0.25, -0.2) is 0 Å². The van der Waals surface area contributed by atoms with Crippen molar-refractivity contribution in [3.8, 4) is 5.75 Å². The number of hydrogen-bond donors (Lipinski definition) is 0. The first kappa shape index (κ1) is 22.5. The molecule has 33 heavy (non-hydrogen) atoms. The van der Waals surface area contributed by atoms with Crippen LogP contribution in [-0.2, 0) is 30.9 Å². The highest BCUT2D eigenvalue weighted by Crippen LogP contribution is 2.19. The number of nitrogens with zero attached hydrogens (tertiary/aromatic N) is 1. The maximum atomic E-state index is 12.2. The van der Waals surface area contributed by atoms with Crippen molar-refractivity contribution in [1.82, 2.24) is 4.90 Å². The van der Waals surface area contributed by atoms with Crippen molar-refractivity contribution >= 4 is 6.29 Å². The summed E-state index contributed by atoms with van der Waals surface area (Å²) in [6.45, 7) is 1.98. The molecule has 0 radical (unpaired) electrons. The van der Waals surface area contributed by atoms with Crippen molar-refractivity contribution in [2.24, 2.45) is 0 Å². The predicted octanol–water partition coefficient (Wildman–Crippen LogP) is 6.08. The minimum absolute atomic E-state index is 0.221. The molecule has 3 nitrogen and oxygen atoms in total. The van der Waals surface area contributed by atoms with Crippen molar-refractivity contribution in [3.63, 3.8) is 0 Å². The predicted molar refractivity (Wildman–Crippen MR) is 133 cm³/mol. The standard InChI is InChI=1S/C30H29NO2/c32-23-29(20-25-16-18-30(19-17-25)33-24-28-14-8-3-9-15-28)31(21-26-10-4-1-5-11-26)22-27-12-6-2-7-13-27/h1-19,23,29H,20-22,24H2. The summed E-state index contributed by atoms with van der Waals surface area (Å²) in [5, 5.41) is 0. The topological polar surface area (TPSA) is 29.5 Å². The molecule has 4 rings (SSSR count). The average Bonchev–Trinajstić information content (AvgIpc) is 2.88. The maximum Gasteiger partial charge on any atom is 0.137 e. The van der Waals surface area contributed by atoms with Crippen molar-refractivity contribution < 1.29 is 9.53 Å². The first-order valence-electron chi connectivity index (χ1n) is 11.3. The fraction of sp³-hybridized carbons (Fsp3) is 0.167. The van der Waals surface area contributed by atoms with Crippen LogP contribution in [0.2, 0.25) is 0 Å². The van der Waals surface area contributed by atoms with Crippen LogP contribution in [0, 0.1) is 0 Å². The Labute approximate surface area is 196 Å². The van der Waals surface area contributed by atoms with Crippen LogP contribution in [0.1, 0.15) is 22.3 Å². The number of hydrogen-bond acceptors (Lipinski definition) is 3. The molecule has 0 amide bonds. The van der Waals surface area contributed by atoms with Crippen LogP contribution >= 0.6 is 0 Å². The SMILES string of the molecule is O=CC(Cc1ccc(OCc2ccccc2)cc1)N(Cc1ccccc1)Cc1ccccc1. The molecular formula is C30H29NO2. The van der Waals surface area contributed by atoms with Gasteiger partial charge in [0.1, 0.15) is 18.6 Å². The van der Waals surface area contributed by atoms with Gasteiger partial charge in [-0.1, -0.05) is 103 Å². The summed E-state index contributed by atoms with van der Waals surface area (Å²) < 4.78 is 5.90. The van der Waals surface area contributed by atoms with Crippen molar-refractivity contribution in [2.45, 2.75) is 32.2 Å². The number of carbonyl (C=O) groups is 1. The Bertz CT molecular complexity index is 1050. The smallest absolute Gasteiger partial charge is 0.137 e. The van der Waals surface area contributed by atoms with E-state index in [0.717, 1.165) is 36.3 Å². The largest absolute Gasteiger partial charge is 0.489 e. The number of benzene rings is 4. The molecule has 0 saturated heterocycles. The Balaban J connectivity index is 1.44. The van der Waals surface area contributed by atoms with E-state index in [4.69, 9.17) is 4.74 Å². The molecule has 0 aromatic heterocycles. The van der Waals surface area contributed by atoms with Gasteiger partial charge in [0, 0.05) is 13.1 Å². The molecule has 0 aliphatic heterocycles. The molecule has 0 aliphatic rings. The van der Waals surface area contributed by atoms with Crippen LogP contribution < -0.4 is 4.74 Å². The molecule has 0 bridgehead atoms. The molecular weight excluding hydrogens is 406 g/mol. The second-order valence-corrected chi connectivity index (χ2v) is 8.20. The van der Waals surface area contributed by atoms with E-state index >= 15 is 0 Å². The fourth-order valence-corrected chi connectivity index (χ4v) is 3.89. The lowest BCUT2D eigenvalue weighted by Gasteiger charge is -2.28. The molecule has 4 aromatic carbocycles. The van der Waals surface area contributed by atoms with Crippen LogP contribution in [0.15, 0.2) is 115 Å². The van der Waals surface area contributed by atoms with E-state index in [2.05, 4.69) is 53.4 Å². The molecule has 0 fully saturated rings. The quantitative estimate of drug-likeness (QED) is 0.268. The number of aldehydes is 1. The Morgan fingerprint density at radius 2 is 1.09 bits per heavy atom. The number of rotatable bonds is 11. The second-order valence-electron chi connectivity index (χ2n) is 8.20. The third-order valence-electron chi connectivity index (χ3n) is 5.70. The molecule has 0 heterocycles. The van der Waals surface area contributed by atoms with E-state index in [1.807, 2.05) is 66.7 Å². The zero-order valence-electron chi connectivity index (χ0n) is 18.7. The van der Waals surface area contributed by atoms with E-state index in [9.17, 15) is 4.79 Å². The summed E-state index contributed by atoms with van der Waals surface area (Å²) in [6.07, 6.45) is 1.73. The van der Waals surface area contributed by atoms with Gasteiger partial charge in [-0.15, -0.1) is 0 Å². The first-order valence-corrected chi connectivity index (χ1v) is 11.3. The summed E-state index contributed by atoms with van der Waals surface area (Å²) >= 11 is 0. The summed E-state index contributed by atoms with van der Waals surface area (Å²) in [4.78, 5) is 14.4. The van der Waals surface area contributed by atoms with E-state index in [1.165, 1.54) is 11.1 Å². The number of ether oxygens (including phenoxy) is 1. The van der Waals surface area contributed by atoms with Gasteiger partial charge in [-0.2, -0.15) is 0 Å². The van der Waals surface area contributed by atoms with E-state index in [1.54, 1.807) is 0 Å². The van der Waals surface area contributed by atoms with E-state index in [-0.39, 0.29) is 6.04 Å². The highest BCUT2D eigenvalue weighted by atomic mass is 16.5. The van der Waals surface area contributed by atoms with E-state index < -0.39 is 0 Å². The van der Waals surface area contributed by atoms with Crippen LogP contribution in [0.3, 0.4) is 0 Å². The monoisotopic (exact) mass is 435 g/mol. The lowest BCUT2D eigenvalue weighted by atomic mass is 10.0. The Morgan fingerprint density at radius 1 is 0.606 bits per heavy atom. The van der Waals surface area contributed by atoms with Crippen LogP contribution in [0.25, 0.3) is 0 Å². The van der Waals surface area contributed by atoms with Crippen molar-refractivity contribution in [1.29, 1.82) is 0 Å². The zero-order chi connectivity index (χ0) is 22.7. The molecule has 0 aliphatic carbocycles. The Kier molecular flexibility index (Phi) is 8.04. The summed E-state index contributed by atoms with van der Waals surface area (Å²) in [6, 6.07) is 38.6. The van der Waals surface area contributed by atoms with Gasteiger partial charge in [0.05, 0.1) is 6.04 Å². The van der Waals surface area contributed by atoms with Crippen molar-refractivity contribution in [2.75, 3.05) is 0 Å². The fourth-order valence-electron chi connectivity index (χ4n) is 3.89. The highest BCUT2D eigenvalue weighted by molar-refractivity contribution is 5.58. The normalized spacial score (nSPS) is 11.8. The Morgan fingerprint density at radius 3 is 1.58 bits per heavy atom. The Hall–Kier alpha value is -3.69. The van der Waals surface area contributed by atoms with Gasteiger partial charge in [0.15, 0.2) is 0 Å². The second kappa shape index (κ2) is 11.8. The molecule has 1 atom stereocenters. The van der Waals surface area contributed by atoms with Crippen LogP contribution in [0.4, 0.5) is 0 Å². The molecule has 3 heteroatoms. The molecule has 166 valence electrons. The number of carbonyl (C=O) groups excluding carboxylic acids is 1. The minimum Gasteiger partial charge on any atom is -0.489 e. The molecule has 1 unspecified atom stereocenters. The van der Waals surface area contributed by atoms with E-state index in [0.29, 0.717) is 13.0 Å². The molecule has 0 N–H and O–H groups in total. The molecule has 4 aromatic rings. The molecule has 0 saturated carbocycles. The summed E-state index contributed by atoms with van der Waals surface area (Å²) in [5.74, 6) is 0.829.